The van der Waals surface area contributed by atoms with E-state index in [0.29, 0.717) is 0 Å². The van der Waals surface area contributed by atoms with E-state index in [1.165, 1.54) is 6.20 Å². The molecule has 1 saturated heterocycles. The van der Waals surface area contributed by atoms with E-state index in [4.69, 9.17) is 10.4 Å². The molecule has 6 nitrogen and oxygen atoms in total. The molecule has 0 saturated carbocycles. The van der Waals surface area contributed by atoms with Crippen LogP contribution in [0.1, 0.15) is 33.1 Å². The zero-order valence-corrected chi connectivity index (χ0v) is 11.9. The Morgan fingerprint density at radius 3 is 2.35 bits per heavy atom. The molecule has 0 bridgehead atoms. The van der Waals surface area contributed by atoms with Gasteiger partial charge in [0, 0.05) is 19.3 Å². The lowest BCUT2D eigenvalue weighted by Gasteiger charge is -2.25. The first-order chi connectivity index (χ1) is 9.45. The summed E-state index contributed by atoms with van der Waals surface area (Å²) in [6, 6.07) is 0.861. The van der Waals surface area contributed by atoms with E-state index in [2.05, 4.69) is 5.32 Å². The number of hydrogen-bond acceptors (Lipinski definition) is 4. The molecule has 0 spiro atoms. The van der Waals surface area contributed by atoms with Crippen LogP contribution >= 0.6 is 0 Å². The average Bonchev–Trinajstić information content (AvgIpc) is 2.42. The van der Waals surface area contributed by atoms with E-state index in [9.17, 15) is 9.59 Å². The summed E-state index contributed by atoms with van der Waals surface area (Å²) in [4.78, 5) is 25.0. The molecule has 6 heteroatoms. The molecule has 0 aromatic carbocycles. The predicted molar refractivity (Wildman–Crippen MR) is 73.5 cm³/mol. The fraction of sp³-hybridized carbons (Fsp3) is 0.643. The third kappa shape index (κ3) is 4.57. The third-order valence-corrected chi connectivity index (χ3v) is 3.29. The molecule has 1 unspecified atom stereocenters. The molecule has 1 aliphatic rings. The number of nitrogens with zero attached hydrogens (tertiary/aromatic N) is 2. The number of carboxylic acids is 1. The van der Waals surface area contributed by atoms with Gasteiger partial charge in [0.25, 0.3) is 5.91 Å². The van der Waals surface area contributed by atoms with E-state index >= 15 is 0 Å². The summed E-state index contributed by atoms with van der Waals surface area (Å²) in [5, 5.41) is 20.5. The summed E-state index contributed by atoms with van der Waals surface area (Å²) in [5.41, 5.74) is -0.0428. The van der Waals surface area contributed by atoms with Crippen LogP contribution in [0.25, 0.3) is 0 Å². The second-order valence-corrected chi connectivity index (χ2v) is 5.28. The molecule has 1 rings (SSSR count). The maximum Gasteiger partial charge on any atom is 0.326 e. The van der Waals surface area contributed by atoms with Gasteiger partial charge in [0.2, 0.25) is 0 Å². The zero-order valence-electron chi connectivity index (χ0n) is 11.9. The Kier molecular flexibility index (Phi) is 6.04. The fourth-order valence-electron chi connectivity index (χ4n) is 2.10. The Morgan fingerprint density at radius 2 is 1.90 bits per heavy atom. The summed E-state index contributed by atoms with van der Waals surface area (Å²) >= 11 is 0. The van der Waals surface area contributed by atoms with Crippen LogP contribution in [0.2, 0.25) is 0 Å². The van der Waals surface area contributed by atoms with E-state index in [-0.39, 0.29) is 11.5 Å². The highest BCUT2D eigenvalue weighted by molar-refractivity contribution is 5.99. The van der Waals surface area contributed by atoms with Gasteiger partial charge in [-0.1, -0.05) is 13.8 Å². The zero-order chi connectivity index (χ0) is 15.1. The minimum atomic E-state index is -1.09. The van der Waals surface area contributed by atoms with Gasteiger partial charge < -0.3 is 15.3 Å². The minimum absolute atomic E-state index is 0.0428. The number of likely N-dealkylation sites (tertiary alicyclic amines) is 1. The molecule has 20 heavy (non-hydrogen) atoms. The van der Waals surface area contributed by atoms with Crippen LogP contribution in [0.3, 0.4) is 0 Å². The van der Waals surface area contributed by atoms with E-state index in [1.807, 2.05) is 11.0 Å². The highest BCUT2D eigenvalue weighted by Crippen LogP contribution is 2.11. The van der Waals surface area contributed by atoms with Crippen LogP contribution in [0, 0.1) is 17.2 Å². The first-order valence-electron chi connectivity index (χ1n) is 6.85. The van der Waals surface area contributed by atoms with Crippen molar-refractivity contribution in [3.8, 4) is 6.07 Å². The lowest BCUT2D eigenvalue weighted by molar-refractivity contribution is -0.142. The molecular formula is C14H21N3O3. The van der Waals surface area contributed by atoms with Crippen molar-refractivity contribution in [2.24, 2.45) is 5.92 Å². The Hall–Kier alpha value is -2.03. The first-order valence-corrected chi connectivity index (χ1v) is 6.85. The van der Waals surface area contributed by atoms with Crippen molar-refractivity contribution in [1.29, 1.82) is 5.26 Å². The second-order valence-electron chi connectivity index (χ2n) is 5.28. The van der Waals surface area contributed by atoms with Crippen LogP contribution < -0.4 is 5.32 Å². The monoisotopic (exact) mass is 279 g/mol. The smallest absolute Gasteiger partial charge is 0.326 e. The number of nitrogens with one attached hydrogen (secondary N) is 1. The predicted octanol–water partition coefficient (Wildman–Crippen LogP) is 1.11. The van der Waals surface area contributed by atoms with Gasteiger partial charge in [-0.05, 0) is 25.2 Å². The number of carbonyl (C=O) groups excluding carboxylic acids is 1. The molecule has 0 aromatic heterocycles. The van der Waals surface area contributed by atoms with Crippen molar-refractivity contribution in [2.75, 3.05) is 13.1 Å². The number of nitriles is 1. The Morgan fingerprint density at radius 1 is 1.30 bits per heavy atom. The molecular weight excluding hydrogens is 258 g/mol. The number of amides is 1. The van der Waals surface area contributed by atoms with Gasteiger partial charge in [0.1, 0.15) is 17.7 Å². The van der Waals surface area contributed by atoms with E-state index in [0.717, 1.165) is 32.4 Å². The van der Waals surface area contributed by atoms with Crippen molar-refractivity contribution in [1.82, 2.24) is 10.2 Å². The molecule has 0 radical (unpaired) electrons. The van der Waals surface area contributed by atoms with Gasteiger partial charge in [-0.3, -0.25) is 4.79 Å². The standard InChI is InChI=1S/C14H21N3O3/c1-10(2)12(14(19)20)16-13(18)11(8-15)9-17-6-4-3-5-7-17/h9-10,12H,3-7H2,1-2H3,(H,16,18)(H,19,20)/b11-9-. The highest BCUT2D eigenvalue weighted by atomic mass is 16.4. The summed E-state index contributed by atoms with van der Waals surface area (Å²) in [5.74, 6) is -1.96. The molecule has 0 aliphatic carbocycles. The summed E-state index contributed by atoms with van der Waals surface area (Å²) in [6.45, 7) is 5.06. The van der Waals surface area contributed by atoms with Crippen LogP contribution in [-0.2, 0) is 9.59 Å². The lowest BCUT2D eigenvalue weighted by Crippen LogP contribution is -2.45. The molecule has 0 aromatic rings. The number of hydrogen-bond donors (Lipinski definition) is 2. The normalized spacial score (nSPS) is 17.5. The van der Waals surface area contributed by atoms with Crippen LogP contribution in [0.15, 0.2) is 11.8 Å². The number of rotatable bonds is 5. The summed E-state index contributed by atoms with van der Waals surface area (Å²) in [6.07, 6.45) is 4.78. The Balaban J connectivity index is 2.73. The van der Waals surface area contributed by atoms with E-state index < -0.39 is 17.9 Å². The van der Waals surface area contributed by atoms with Crippen molar-refractivity contribution >= 4 is 11.9 Å². The van der Waals surface area contributed by atoms with Gasteiger partial charge in [-0.25, -0.2) is 4.79 Å². The van der Waals surface area contributed by atoms with Gasteiger partial charge >= 0.3 is 5.97 Å². The van der Waals surface area contributed by atoms with Crippen molar-refractivity contribution in [3.05, 3.63) is 11.8 Å². The molecule has 1 amide bonds. The molecule has 1 fully saturated rings. The maximum atomic E-state index is 12.0. The number of carboxylic acid groups (broad SMARTS) is 1. The Labute approximate surface area is 119 Å². The fourth-order valence-corrected chi connectivity index (χ4v) is 2.10. The Bertz CT molecular complexity index is 431. The van der Waals surface area contributed by atoms with Crippen molar-refractivity contribution < 1.29 is 14.7 Å². The summed E-state index contributed by atoms with van der Waals surface area (Å²) in [7, 11) is 0. The van der Waals surface area contributed by atoms with Gasteiger partial charge in [-0.15, -0.1) is 0 Å². The molecule has 2 N–H and O–H groups in total. The third-order valence-electron chi connectivity index (χ3n) is 3.29. The van der Waals surface area contributed by atoms with Crippen LogP contribution in [0.5, 0.6) is 0 Å². The van der Waals surface area contributed by atoms with Gasteiger partial charge in [0.05, 0.1) is 0 Å². The quantitative estimate of drug-likeness (QED) is 0.580. The second kappa shape index (κ2) is 7.53. The maximum absolute atomic E-state index is 12.0. The largest absolute Gasteiger partial charge is 0.480 e. The van der Waals surface area contributed by atoms with Crippen LogP contribution in [0.4, 0.5) is 0 Å². The van der Waals surface area contributed by atoms with Crippen molar-refractivity contribution in [2.45, 2.75) is 39.2 Å². The lowest BCUT2D eigenvalue weighted by atomic mass is 10.0. The average molecular weight is 279 g/mol. The van der Waals surface area contributed by atoms with Gasteiger partial charge in [0.15, 0.2) is 0 Å². The number of aliphatic carboxylic acids is 1. The van der Waals surface area contributed by atoms with Gasteiger partial charge in [-0.2, -0.15) is 5.26 Å². The summed E-state index contributed by atoms with van der Waals surface area (Å²) < 4.78 is 0. The minimum Gasteiger partial charge on any atom is -0.480 e. The number of carbonyl (C=O) groups is 2. The molecule has 1 heterocycles. The molecule has 1 atom stereocenters. The first kappa shape index (κ1) is 16.0. The molecule has 110 valence electrons. The topological polar surface area (TPSA) is 93.4 Å². The molecule has 1 aliphatic heterocycles. The van der Waals surface area contributed by atoms with Crippen LogP contribution in [-0.4, -0.2) is 41.0 Å². The SMILES string of the molecule is CC(C)C(NC(=O)/C(C#N)=C\N1CCCCC1)C(=O)O. The van der Waals surface area contributed by atoms with Crippen molar-refractivity contribution in [3.63, 3.8) is 0 Å². The highest BCUT2D eigenvalue weighted by Gasteiger charge is 2.25. The number of piperidine rings is 1. The van der Waals surface area contributed by atoms with E-state index in [1.54, 1.807) is 13.8 Å².